The van der Waals surface area contributed by atoms with Gasteiger partial charge in [-0.3, -0.25) is 4.57 Å². The fourth-order valence-corrected chi connectivity index (χ4v) is 4.20. The van der Waals surface area contributed by atoms with Gasteiger partial charge in [0.05, 0.1) is 17.2 Å². The van der Waals surface area contributed by atoms with Crippen LogP contribution in [0.4, 0.5) is 5.95 Å². The average Bonchev–Trinajstić information content (AvgIpc) is 3.14. The van der Waals surface area contributed by atoms with Crippen molar-refractivity contribution < 1.29 is 0 Å². The second-order valence-corrected chi connectivity index (χ2v) is 8.35. The highest BCUT2D eigenvalue weighted by molar-refractivity contribution is 7.98. The first-order valence-corrected chi connectivity index (χ1v) is 10.9. The van der Waals surface area contributed by atoms with Crippen LogP contribution in [-0.4, -0.2) is 41.6 Å². The molecule has 1 atom stereocenters. The van der Waals surface area contributed by atoms with Crippen LogP contribution < -0.4 is 11.0 Å². The first-order valence-electron chi connectivity index (χ1n) is 8.83. The molecule has 3 aromatic rings. The van der Waals surface area contributed by atoms with Crippen molar-refractivity contribution in [1.82, 2.24) is 29.3 Å². The molecule has 3 aromatic heterocycles. The van der Waals surface area contributed by atoms with Crippen molar-refractivity contribution >= 4 is 29.0 Å². The minimum Gasteiger partial charge on any atom is -0.351 e. The van der Waals surface area contributed by atoms with Crippen LogP contribution in [0.3, 0.4) is 0 Å². The first-order chi connectivity index (χ1) is 13.1. The Hall–Kier alpha value is -2.20. The third kappa shape index (κ3) is 4.06. The summed E-state index contributed by atoms with van der Waals surface area (Å²) in [6.45, 7) is 3.04. The van der Waals surface area contributed by atoms with Crippen LogP contribution in [0, 0.1) is 6.92 Å². The number of rotatable bonds is 5. The van der Waals surface area contributed by atoms with E-state index in [9.17, 15) is 4.79 Å². The quantitative estimate of drug-likeness (QED) is 0.516. The predicted octanol–water partition coefficient (Wildman–Crippen LogP) is 2.19. The van der Waals surface area contributed by atoms with Gasteiger partial charge in [0.2, 0.25) is 5.95 Å². The van der Waals surface area contributed by atoms with Crippen molar-refractivity contribution in [3.05, 3.63) is 44.7 Å². The van der Waals surface area contributed by atoms with Crippen molar-refractivity contribution in [1.29, 1.82) is 0 Å². The number of fused-ring (bicyclic) bond motifs is 1. The zero-order valence-corrected chi connectivity index (χ0v) is 16.9. The predicted molar refractivity (Wildman–Crippen MR) is 107 cm³/mol. The molecule has 0 amide bonds. The number of thiazole rings is 1. The first kappa shape index (κ1) is 18.2. The molecule has 0 spiro atoms. The lowest BCUT2D eigenvalue weighted by Gasteiger charge is -2.16. The second-order valence-electron chi connectivity index (χ2n) is 6.46. The van der Waals surface area contributed by atoms with Gasteiger partial charge in [0.15, 0.2) is 0 Å². The second kappa shape index (κ2) is 7.81. The van der Waals surface area contributed by atoms with Gasteiger partial charge in [0.1, 0.15) is 10.9 Å². The van der Waals surface area contributed by atoms with Gasteiger partial charge in [0, 0.05) is 30.6 Å². The van der Waals surface area contributed by atoms with Gasteiger partial charge in [0.25, 0.3) is 0 Å². The largest absolute Gasteiger partial charge is 0.351 e. The molecular weight excluding hydrogens is 382 g/mol. The third-order valence-electron chi connectivity index (χ3n) is 4.57. The van der Waals surface area contributed by atoms with Gasteiger partial charge in [-0.15, -0.1) is 23.1 Å². The monoisotopic (exact) mass is 403 g/mol. The number of hydrogen-bond donors (Lipinski definition) is 1. The molecule has 27 heavy (non-hydrogen) atoms. The van der Waals surface area contributed by atoms with Crippen LogP contribution >= 0.6 is 23.1 Å². The van der Waals surface area contributed by atoms with Gasteiger partial charge in [-0.2, -0.15) is 5.10 Å². The maximum Gasteiger partial charge on any atom is 0.346 e. The zero-order valence-electron chi connectivity index (χ0n) is 15.3. The Bertz CT molecular complexity index is 993. The summed E-state index contributed by atoms with van der Waals surface area (Å²) >= 11 is 3.18. The Kier molecular flexibility index (Phi) is 5.26. The standard InChI is InChI=1S/C17H21N7OS2/c1-11-19-13(10-27-11)9-24-17(25)23-8-6-12(3-4-14(23)22-24)20-16-18-7-5-15(21-16)26-2/h5,7,10,12H,3-4,6,8-9H2,1-2H3,(H,18,20,21). The number of anilines is 1. The molecule has 0 saturated carbocycles. The Balaban J connectivity index is 1.45. The smallest absolute Gasteiger partial charge is 0.346 e. The molecule has 8 nitrogen and oxygen atoms in total. The van der Waals surface area contributed by atoms with Gasteiger partial charge in [-0.25, -0.2) is 24.4 Å². The summed E-state index contributed by atoms with van der Waals surface area (Å²) in [6.07, 6.45) is 6.23. The minimum atomic E-state index is -0.0584. The molecular formula is C17H21N7OS2. The van der Waals surface area contributed by atoms with E-state index in [1.54, 1.807) is 33.9 Å². The normalized spacial score (nSPS) is 16.7. The summed E-state index contributed by atoms with van der Waals surface area (Å²) in [5.74, 6) is 1.48. The molecule has 1 aliphatic heterocycles. The lowest BCUT2D eigenvalue weighted by atomic mass is 10.1. The lowest BCUT2D eigenvalue weighted by Crippen LogP contribution is -2.27. The topological polar surface area (TPSA) is 90.5 Å². The van der Waals surface area contributed by atoms with Crippen LogP contribution in [0.2, 0.25) is 0 Å². The van der Waals surface area contributed by atoms with Gasteiger partial charge < -0.3 is 5.32 Å². The van der Waals surface area contributed by atoms with Gasteiger partial charge in [-0.05, 0) is 32.1 Å². The molecule has 0 saturated heterocycles. The van der Waals surface area contributed by atoms with Crippen molar-refractivity contribution in [2.45, 2.75) is 50.3 Å². The highest BCUT2D eigenvalue weighted by atomic mass is 32.2. The van der Waals surface area contributed by atoms with Crippen molar-refractivity contribution in [3.8, 4) is 0 Å². The Morgan fingerprint density at radius 2 is 2.26 bits per heavy atom. The Labute approximate surface area is 165 Å². The van der Waals surface area contributed by atoms with Crippen LogP contribution in [0.15, 0.2) is 27.5 Å². The molecule has 0 aliphatic carbocycles. The molecule has 1 aliphatic rings. The van der Waals surface area contributed by atoms with Crippen LogP contribution in [0.25, 0.3) is 0 Å². The number of aryl methyl sites for hydroxylation is 2. The highest BCUT2D eigenvalue weighted by Gasteiger charge is 2.21. The Morgan fingerprint density at radius 3 is 3.04 bits per heavy atom. The van der Waals surface area contributed by atoms with E-state index in [1.165, 1.54) is 4.68 Å². The lowest BCUT2D eigenvalue weighted by molar-refractivity contribution is 0.549. The third-order valence-corrected chi connectivity index (χ3v) is 6.04. The van der Waals surface area contributed by atoms with Crippen molar-refractivity contribution in [2.24, 2.45) is 0 Å². The molecule has 0 radical (unpaired) electrons. The van der Waals surface area contributed by atoms with E-state index in [2.05, 4.69) is 25.4 Å². The summed E-state index contributed by atoms with van der Waals surface area (Å²) in [5.41, 5.74) is 0.829. The molecule has 4 rings (SSSR count). The number of thioether (sulfide) groups is 1. The van der Waals surface area contributed by atoms with Gasteiger partial charge in [-0.1, -0.05) is 0 Å². The number of aromatic nitrogens is 6. The summed E-state index contributed by atoms with van der Waals surface area (Å²) in [7, 11) is 0. The average molecular weight is 404 g/mol. The summed E-state index contributed by atoms with van der Waals surface area (Å²) in [5, 5.41) is 11.9. The summed E-state index contributed by atoms with van der Waals surface area (Å²) in [6, 6.07) is 2.11. The maximum absolute atomic E-state index is 12.7. The molecule has 0 fully saturated rings. The minimum absolute atomic E-state index is 0.0584. The van der Waals surface area contributed by atoms with Crippen LogP contribution in [0.1, 0.15) is 29.4 Å². The molecule has 10 heteroatoms. The molecule has 0 aromatic carbocycles. The van der Waals surface area contributed by atoms with Gasteiger partial charge >= 0.3 is 5.69 Å². The highest BCUT2D eigenvalue weighted by Crippen LogP contribution is 2.17. The van der Waals surface area contributed by atoms with Crippen LogP contribution in [0.5, 0.6) is 0 Å². The zero-order chi connectivity index (χ0) is 18.8. The van der Waals surface area contributed by atoms with Crippen LogP contribution in [-0.2, 0) is 19.5 Å². The number of hydrogen-bond acceptors (Lipinski definition) is 8. The molecule has 142 valence electrons. The Morgan fingerprint density at radius 1 is 1.37 bits per heavy atom. The van der Waals surface area contributed by atoms with Crippen molar-refractivity contribution in [3.63, 3.8) is 0 Å². The van der Waals surface area contributed by atoms with E-state index >= 15 is 0 Å². The fraction of sp³-hybridized carbons (Fsp3) is 0.471. The fourth-order valence-electron chi connectivity index (χ4n) is 3.22. The van der Waals surface area contributed by atoms with Crippen molar-refractivity contribution in [2.75, 3.05) is 11.6 Å². The summed E-state index contributed by atoms with van der Waals surface area (Å²) in [4.78, 5) is 25.9. The van der Waals surface area contributed by atoms with E-state index in [4.69, 9.17) is 0 Å². The van der Waals surface area contributed by atoms with E-state index in [0.717, 1.165) is 40.8 Å². The van der Waals surface area contributed by atoms with E-state index in [-0.39, 0.29) is 11.7 Å². The maximum atomic E-state index is 12.7. The number of nitrogens with one attached hydrogen (secondary N) is 1. The van der Waals surface area contributed by atoms with E-state index in [0.29, 0.717) is 19.0 Å². The molecule has 1 unspecified atom stereocenters. The molecule has 4 heterocycles. The SMILES string of the molecule is CSc1ccnc(NC2CCc3nn(Cc4csc(C)n4)c(=O)n3CC2)n1. The summed E-state index contributed by atoms with van der Waals surface area (Å²) < 4.78 is 3.32. The van der Waals surface area contributed by atoms with E-state index in [1.807, 2.05) is 24.6 Å². The molecule has 1 N–H and O–H groups in total. The number of nitrogens with zero attached hydrogens (tertiary/aromatic N) is 6. The van der Waals surface area contributed by atoms with E-state index < -0.39 is 0 Å². The molecule has 0 bridgehead atoms.